The average molecular weight is 254 g/mol. The number of carbonyl (C=O) groups is 3. The Kier molecular flexibility index (Phi) is 5.47. The number of ketones is 2. The Morgan fingerprint density at radius 3 is 2.33 bits per heavy atom. The molecule has 5 heteroatoms. The first kappa shape index (κ1) is 14.8. The third-order valence-electron chi connectivity index (χ3n) is 3.61. The van der Waals surface area contributed by atoms with Gasteiger partial charge in [-0.05, 0) is 26.7 Å². The first-order chi connectivity index (χ1) is 8.47. The smallest absolute Gasteiger partial charge is 0.221 e. The summed E-state index contributed by atoms with van der Waals surface area (Å²) in [6.07, 6.45) is 2.61. The molecule has 0 aromatic carbocycles. The maximum Gasteiger partial charge on any atom is 0.221 e. The van der Waals surface area contributed by atoms with Crippen LogP contribution in [0.5, 0.6) is 0 Å². The largest absolute Gasteiger partial charge is 0.353 e. The number of rotatable bonds is 5. The van der Waals surface area contributed by atoms with Crippen LogP contribution in [0.3, 0.4) is 0 Å². The fraction of sp³-hybridized carbons (Fsp3) is 0.769. The predicted molar refractivity (Wildman–Crippen MR) is 67.8 cm³/mol. The second kappa shape index (κ2) is 6.64. The highest BCUT2D eigenvalue weighted by atomic mass is 16.2. The molecule has 1 rings (SSSR count). The van der Waals surface area contributed by atoms with Gasteiger partial charge in [0.05, 0.1) is 0 Å². The Labute approximate surface area is 107 Å². The SMILES string of the molecule is CC(=O)[C@@H]1CCCC(NC(=O)CCN)[C@@H]1C(C)=O. The summed E-state index contributed by atoms with van der Waals surface area (Å²) in [6, 6.07) is -0.218. The standard InChI is InChI=1S/C13H22N2O3/c1-8(16)10-4-3-5-11(13(10)9(2)17)15-12(18)6-7-14/h10-11,13H,3-7,14H2,1-2H3,(H,15,18)/t10-,11?,13+/m0/s1. The zero-order valence-corrected chi connectivity index (χ0v) is 11.1. The van der Waals surface area contributed by atoms with Crippen molar-refractivity contribution in [1.82, 2.24) is 5.32 Å². The number of carbonyl (C=O) groups excluding carboxylic acids is 3. The van der Waals surface area contributed by atoms with Gasteiger partial charge in [-0.1, -0.05) is 6.42 Å². The van der Waals surface area contributed by atoms with Crippen LogP contribution in [0.4, 0.5) is 0 Å². The number of Topliss-reactive ketones (excluding diaryl/α,β-unsaturated/α-hetero) is 2. The first-order valence-corrected chi connectivity index (χ1v) is 6.47. The Morgan fingerprint density at radius 1 is 1.17 bits per heavy atom. The molecular formula is C13H22N2O3. The lowest BCUT2D eigenvalue weighted by Crippen LogP contribution is -2.49. The zero-order valence-electron chi connectivity index (χ0n) is 11.1. The molecule has 0 spiro atoms. The van der Waals surface area contributed by atoms with Crippen LogP contribution in [0.2, 0.25) is 0 Å². The Morgan fingerprint density at radius 2 is 1.83 bits per heavy atom. The van der Waals surface area contributed by atoms with E-state index in [1.165, 1.54) is 13.8 Å². The van der Waals surface area contributed by atoms with Gasteiger partial charge in [0.15, 0.2) is 0 Å². The van der Waals surface area contributed by atoms with Gasteiger partial charge in [-0.2, -0.15) is 0 Å². The van der Waals surface area contributed by atoms with E-state index in [0.717, 1.165) is 19.3 Å². The van der Waals surface area contributed by atoms with Crippen LogP contribution >= 0.6 is 0 Å². The summed E-state index contributed by atoms with van der Waals surface area (Å²) < 4.78 is 0. The molecule has 1 saturated carbocycles. The van der Waals surface area contributed by atoms with Crippen molar-refractivity contribution >= 4 is 17.5 Å². The number of nitrogens with two attached hydrogens (primary N) is 1. The summed E-state index contributed by atoms with van der Waals surface area (Å²) in [4.78, 5) is 34.9. The topological polar surface area (TPSA) is 89.3 Å². The van der Waals surface area contributed by atoms with E-state index < -0.39 is 0 Å². The molecule has 1 aliphatic carbocycles. The first-order valence-electron chi connectivity index (χ1n) is 6.47. The van der Waals surface area contributed by atoms with Crippen LogP contribution in [0.1, 0.15) is 39.5 Å². The van der Waals surface area contributed by atoms with Crippen molar-refractivity contribution in [1.29, 1.82) is 0 Å². The van der Waals surface area contributed by atoms with Crippen LogP contribution in [0.25, 0.3) is 0 Å². The Hall–Kier alpha value is -1.23. The van der Waals surface area contributed by atoms with Gasteiger partial charge in [0.25, 0.3) is 0 Å². The molecule has 3 N–H and O–H groups in total. The fourth-order valence-corrected chi connectivity index (χ4v) is 2.79. The van der Waals surface area contributed by atoms with E-state index in [1.54, 1.807) is 0 Å². The minimum Gasteiger partial charge on any atom is -0.353 e. The predicted octanol–water partition coefficient (Wildman–Crippen LogP) is 0.414. The second-order valence-corrected chi connectivity index (χ2v) is 5.00. The lowest BCUT2D eigenvalue weighted by atomic mass is 9.72. The summed E-state index contributed by atoms with van der Waals surface area (Å²) in [7, 11) is 0. The maximum absolute atomic E-state index is 11.7. The summed E-state index contributed by atoms with van der Waals surface area (Å²) in [5.74, 6) is -0.753. The van der Waals surface area contributed by atoms with Gasteiger partial charge in [0.1, 0.15) is 11.6 Å². The van der Waals surface area contributed by atoms with Crippen LogP contribution in [0.15, 0.2) is 0 Å². The van der Waals surface area contributed by atoms with Gasteiger partial charge in [-0.15, -0.1) is 0 Å². The normalized spacial score (nSPS) is 27.6. The number of hydrogen-bond acceptors (Lipinski definition) is 4. The van der Waals surface area contributed by atoms with E-state index in [0.29, 0.717) is 6.54 Å². The van der Waals surface area contributed by atoms with E-state index in [-0.39, 0.29) is 41.8 Å². The molecule has 0 heterocycles. The average Bonchev–Trinajstić information content (AvgIpc) is 2.28. The monoisotopic (exact) mass is 254 g/mol. The van der Waals surface area contributed by atoms with Crippen molar-refractivity contribution < 1.29 is 14.4 Å². The minimum atomic E-state index is -0.377. The molecule has 3 atom stereocenters. The third kappa shape index (κ3) is 3.63. The number of nitrogens with one attached hydrogen (secondary N) is 1. The minimum absolute atomic E-state index is 0.0204. The lowest BCUT2D eigenvalue weighted by Gasteiger charge is -2.35. The van der Waals surface area contributed by atoms with Crippen molar-refractivity contribution in [2.24, 2.45) is 17.6 Å². The zero-order chi connectivity index (χ0) is 13.7. The lowest BCUT2D eigenvalue weighted by molar-refractivity contribution is -0.134. The quantitative estimate of drug-likeness (QED) is 0.744. The number of hydrogen-bond donors (Lipinski definition) is 2. The summed E-state index contributed by atoms with van der Waals surface area (Å²) >= 11 is 0. The summed E-state index contributed by atoms with van der Waals surface area (Å²) in [6.45, 7) is 3.30. The van der Waals surface area contributed by atoms with Crippen LogP contribution < -0.4 is 11.1 Å². The third-order valence-corrected chi connectivity index (χ3v) is 3.61. The number of amides is 1. The van der Waals surface area contributed by atoms with Crippen LogP contribution in [0, 0.1) is 11.8 Å². The molecule has 102 valence electrons. The maximum atomic E-state index is 11.7. The molecule has 0 bridgehead atoms. The highest BCUT2D eigenvalue weighted by Gasteiger charge is 2.39. The molecule has 1 unspecified atom stereocenters. The molecule has 1 amide bonds. The highest BCUT2D eigenvalue weighted by molar-refractivity contribution is 5.89. The van der Waals surface area contributed by atoms with Gasteiger partial charge >= 0.3 is 0 Å². The molecular weight excluding hydrogens is 232 g/mol. The van der Waals surface area contributed by atoms with Gasteiger partial charge in [-0.25, -0.2) is 0 Å². The molecule has 0 saturated heterocycles. The van der Waals surface area contributed by atoms with E-state index in [9.17, 15) is 14.4 Å². The van der Waals surface area contributed by atoms with Gasteiger partial charge in [0.2, 0.25) is 5.91 Å². The Bertz CT molecular complexity index is 341. The molecule has 1 fully saturated rings. The fourth-order valence-electron chi connectivity index (χ4n) is 2.79. The molecule has 0 aliphatic heterocycles. The second-order valence-electron chi connectivity index (χ2n) is 5.00. The highest BCUT2D eigenvalue weighted by Crippen LogP contribution is 2.31. The molecule has 0 radical (unpaired) electrons. The van der Waals surface area contributed by atoms with E-state index >= 15 is 0 Å². The van der Waals surface area contributed by atoms with Gasteiger partial charge in [0, 0.05) is 30.8 Å². The Balaban J connectivity index is 2.77. The molecule has 5 nitrogen and oxygen atoms in total. The van der Waals surface area contributed by atoms with Crippen molar-refractivity contribution in [2.75, 3.05) is 6.54 Å². The molecule has 0 aromatic heterocycles. The van der Waals surface area contributed by atoms with E-state index in [4.69, 9.17) is 5.73 Å². The van der Waals surface area contributed by atoms with E-state index in [2.05, 4.69) is 5.32 Å². The van der Waals surface area contributed by atoms with E-state index in [1.807, 2.05) is 0 Å². The van der Waals surface area contributed by atoms with Crippen LogP contribution in [-0.4, -0.2) is 30.1 Å². The molecule has 18 heavy (non-hydrogen) atoms. The molecule has 0 aromatic rings. The van der Waals surface area contributed by atoms with Crippen molar-refractivity contribution in [2.45, 2.75) is 45.6 Å². The van der Waals surface area contributed by atoms with Crippen molar-refractivity contribution in [3.8, 4) is 0 Å². The van der Waals surface area contributed by atoms with Gasteiger partial charge < -0.3 is 11.1 Å². The molecule has 1 aliphatic rings. The van der Waals surface area contributed by atoms with Crippen LogP contribution in [-0.2, 0) is 14.4 Å². The van der Waals surface area contributed by atoms with Gasteiger partial charge in [-0.3, -0.25) is 14.4 Å². The van der Waals surface area contributed by atoms with Crippen molar-refractivity contribution in [3.05, 3.63) is 0 Å². The van der Waals surface area contributed by atoms with Crippen molar-refractivity contribution in [3.63, 3.8) is 0 Å². The summed E-state index contributed by atoms with van der Waals surface area (Å²) in [5.41, 5.74) is 5.32. The summed E-state index contributed by atoms with van der Waals surface area (Å²) in [5, 5.41) is 2.84.